The van der Waals surface area contributed by atoms with Crippen LogP contribution >= 0.6 is 0 Å². The van der Waals surface area contributed by atoms with Crippen molar-refractivity contribution in [3.8, 4) is 11.5 Å². The van der Waals surface area contributed by atoms with Gasteiger partial charge >= 0.3 is 6.09 Å². The van der Waals surface area contributed by atoms with Gasteiger partial charge in [0, 0.05) is 29.9 Å². The molecule has 1 saturated carbocycles. The quantitative estimate of drug-likeness (QED) is 0.648. The van der Waals surface area contributed by atoms with E-state index in [-0.39, 0.29) is 18.2 Å². The Morgan fingerprint density at radius 3 is 2.81 bits per heavy atom. The van der Waals surface area contributed by atoms with E-state index < -0.39 is 5.60 Å². The zero-order chi connectivity index (χ0) is 19.0. The van der Waals surface area contributed by atoms with Gasteiger partial charge in [0.2, 0.25) is 5.89 Å². The molecule has 8 heteroatoms. The molecule has 0 saturated heterocycles. The standard InChI is InChI=1S/C19H23N5O3/c1-19(2,3)27-18(25)24-12-8-11(9-12)23-15-13-4-5-20-16(13)22-10-14(15)17-21-6-7-26-17/h4-7,10-12H,8-9H2,1-3H3,(H,24,25)(H2,20,22,23). The second-order valence-corrected chi connectivity index (χ2v) is 7.78. The van der Waals surface area contributed by atoms with Gasteiger partial charge in [-0.1, -0.05) is 0 Å². The van der Waals surface area contributed by atoms with Gasteiger partial charge in [-0.3, -0.25) is 0 Å². The fourth-order valence-corrected chi connectivity index (χ4v) is 3.21. The third-order valence-electron chi connectivity index (χ3n) is 4.46. The lowest BCUT2D eigenvalue weighted by molar-refractivity contribution is 0.0475. The smallest absolute Gasteiger partial charge is 0.407 e. The summed E-state index contributed by atoms with van der Waals surface area (Å²) < 4.78 is 10.8. The van der Waals surface area contributed by atoms with E-state index in [9.17, 15) is 4.79 Å². The molecule has 1 aliphatic carbocycles. The number of aromatic amines is 1. The van der Waals surface area contributed by atoms with Crippen molar-refractivity contribution in [3.05, 3.63) is 30.9 Å². The number of carbonyl (C=O) groups is 1. The van der Waals surface area contributed by atoms with Crippen LogP contribution in [0.3, 0.4) is 0 Å². The molecule has 1 aliphatic rings. The van der Waals surface area contributed by atoms with Crippen LogP contribution in [0.4, 0.5) is 10.5 Å². The summed E-state index contributed by atoms with van der Waals surface area (Å²) in [6, 6.07) is 2.32. The van der Waals surface area contributed by atoms with Gasteiger partial charge in [-0.05, 0) is 39.7 Å². The molecule has 3 N–H and O–H groups in total. The predicted octanol–water partition coefficient (Wildman–Crippen LogP) is 3.69. The van der Waals surface area contributed by atoms with E-state index in [2.05, 4.69) is 25.6 Å². The zero-order valence-electron chi connectivity index (χ0n) is 15.6. The largest absolute Gasteiger partial charge is 0.444 e. The highest BCUT2D eigenvalue weighted by Gasteiger charge is 2.32. The fraction of sp³-hybridized carbons (Fsp3) is 0.421. The van der Waals surface area contributed by atoms with Crippen LogP contribution in [-0.2, 0) is 4.74 Å². The number of rotatable bonds is 4. The number of alkyl carbamates (subject to hydrolysis) is 1. The Hall–Kier alpha value is -3.03. The maximum atomic E-state index is 11.9. The molecule has 0 spiro atoms. The number of anilines is 1. The van der Waals surface area contributed by atoms with Crippen molar-refractivity contribution < 1.29 is 13.9 Å². The van der Waals surface area contributed by atoms with Crippen molar-refractivity contribution in [2.45, 2.75) is 51.3 Å². The molecule has 0 unspecified atom stereocenters. The minimum atomic E-state index is -0.493. The molecule has 4 rings (SSSR count). The number of oxazole rings is 1. The van der Waals surface area contributed by atoms with Crippen LogP contribution in [0.1, 0.15) is 33.6 Å². The van der Waals surface area contributed by atoms with E-state index in [1.165, 1.54) is 0 Å². The molecule has 0 radical (unpaired) electrons. The first kappa shape index (κ1) is 17.4. The second kappa shape index (κ2) is 6.61. The van der Waals surface area contributed by atoms with Gasteiger partial charge in [-0.2, -0.15) is 0 Å². The first-order chi connectivity index (χ1) is 12.9. The molecule has 8 nitrogen and oxygen atoms in total. The molecule has 1 amide bonds. The number of amides is 1. The number of hydrogen-bond donors (Lipinski definition) is 3. The van der Waals surface area contributed by atoms with E-state index >= 15 is 0 Å². The Morgan fingerprint density at radius 1 is 1.30 bits per heavy atom. The molecule has 0 atom stereocenters. The zero-order valence-corrected chi connectivity index (χ0v) is 15.6. The van der Waals surface area contributed by atoms with Crippen molar-refractivity contribution >= 4 is 22.8 Å². The number of pyridine rings is 1. The van der Waals surface area contributed by atoms with Crippen LogP contribution in [0.2, 0.25) is 0 Å². The average molecular weight is 369 g/mol. The maximum Gasteiger partial charge on any atom is 0.407 e. The van der Waals surface area contributed by atoms with E-state index in [1.807, 2.05) is 33.0 Å². The lowest BCUT2D eigenvalue weighted by atomic mass is 9.86. The van der Waals surface area contributed by atoms with Gasteiger partial charge in [-0.15, -0.1) is 0 Å². The third-order valence-corrected chi connectivity index (χ3v) is 4.46. The summed E-state index contributed by atoms with van der Waals surface area (Å²) in [5.74, 6) is 0.524. The van der Waals surface area contributed by atoms with E-state index in [4.69, 9.17) is 9.15 Å². The van der Waals surface area contributed by atoms with Gasteiger partial charge in [0.25, 0.3) is 0 Å². The van der Waals surface area contributed by atoms with Gasteiger partial charge < -0.3 is 24.8 Å². The van der Waals surface area contributed by atoms with Crippen LogP contribution in [0.5, 0.6) is 0 Å². The SMILES string of the molecule is CC(C)(C)OC(=O)NC1CC(Nc2c(-c3ncco3)cnc3[nH]ccc23)C1. The Kier molecular flexibility index (Phi) is 4.25. The molecule has 3 aromatic rings. The molecule has 0 bridgehead atoms. The van der Waals surface area contributed by atoms with Crippen molar-refractivity contribution in [1.29, 1.82) is 0 Å². The Bertz CT molecular complexity index is 936. The van der Waals surface area contributed by atoms with Crippen molar-refractivity contribution in [2.24, 2.45) is 0 Å². The van der Waals surface area contributed by atoms with E-state index in [0.29, 0.717) is 5.89 Å². The highest BCUT2D eigenvalue weighted by molar-refractivity contribution is 5.97. The lowest BCUT2D eigenvalue weighted by Crippen LogP contribution is -2.50. The number of hydrogen-bond acceptors (Lipinski definition) is 6. The predicted molar refractivity (Wildman–Crippen MR) is 101 cm³/mol. The topological polar surface area (TPSA) is 105 Å². The number of nitrogens with zero attached hydrogens (tertiary/aromatic N) is 2. The van der Waals surface area contributed by atoms with Crippen LogP contribution in [0.25, 0.3) is 22.5 Å². The Morgan fingerprint density at radius 2 is 2.11 bits per heavy atom. The third kappa shape index (κ3) is 3.74. The van der Waals surface area contributed by atoms with Gasteiger partial charge in [0.15, 0.2) is 0 Å². The molecule has 3 heterocycles. The summed E-state index contributed by atoms with van der Waals surface area (Å²) in [5, 5.41) is 7.46. The lowest BCUT2D eigenvalue weighted by Gasteiger charge is -2.37. The molecular weight excluding hydrogens is 346 g/mol. The summed E-state index contributed by atoms with van der Waals surface area (Å²) in [7, 11) is 0. The van der Waals surface area contributed by atoms with Crippen LogP contribution in [0, 0.1) is 0 Å². The van der Waals surface area contributed by atoms with Crippen molar-refractivity contribution in [3.63, 3.8) is 0 Å². The number of carbonyl (C=O) groups excluding carboxylic acids is 1. The number of H-pyrrole nitrogens is 1. The number of nitrogens with one attached hydrogen (secondary N) is 3. The molecule has 1 fully saturated rings. The second-order valence-electron chi connectivity index (χ2n) is 7.78. The van der Waals surface area contributed by atoms with Gasteiger partial charge in [-0.25, -0.2) is 14.8 Å². The molecule has 0 aromatic carbocycles. The monoisotopic (exact) mass is 369 g/mol. The van der Waals surface area contributed by atoms with Gasteiger partial charge in [0.1, 0.15) is 17.5 Å². The summed E-state index contributed by atoms with van der Waals surface area (Å²) >= 11 is 0. The van der Waals surface area contributed by atoms with Crippen molar-refractivity contribution in [1.82, 2.24) is 20.3 Å². The van der Waals surface area contributed by atoms with E-state index in [0.717, 1.165) is 35.1 Å². The maximum absolute atomic E-state index is 11.9. The number of fused-ring (bicyclic) bond motifs is 1. The highest BCUT2D eigenvalue weighted by Crippen LogP contribution is 2.35. The van der Waals surface area contributed by atoms with E-state index in [1.54, 1.807) is 18.7 Å². The van der Waals surface area contributed by atoms with Crippen molar-refractivity contribution in [2.75, 3.05) is 5.32 Å². The Balaban J connectivity index is 1.45. The molecule has 142 valence electrons. The van der Waals surface area contributed by atoms with Crippen LogP contribution in [-0.4, -0.2) is 38.7 Å². The molecular formula is C19H23N5O3. The number of aromatic nitrogens is 3. The van der Waals surface area contributed by atoms with Crippen LogP contribution in [0.15, 0.2) is 35.3 Å². The number of ether oxygens (including phenoxy) is 1. The Labute approximate surface area is 156 Å². The molecule has 3 aromatic heterocycles. The van der Waals surface area contributed by atoms with Crippen LogP contribution < -0.4 is 10.6 Å². The minimum Gasteiger partial charge on any atom is -0.444 e. The average Bonchev–Trinajstić information content (AvgIpc) is 3.22. The molecule has 27 heavy (non-hydrogen) atoms. The summed E-state index contributed by atoms with van der Waals surface area (Å²) in [4.78, 5) is 23.7. The summed E-state index contributed by atoms with van der Waals surface area (Å²) in [5.41, 5.74) is 2.06. The highest BCUT2D eigenvalue weighted by atomic mass is 16.6. The fourth-order valence-electron chi connectivity index (χ4n) is 3.21. The first-order valence-electron chi connectivity index (χ1n) is 9.01. The molecule has 0 aliphatic heterocycles. The first-order valence-corrected chi connectivity index (χ1v) is 9.01. The normalized spacial score (nSPS) is 19.5. The minimum absolute atomic E-state index is 0.103. The summed E-state index contributed by atoms with van der Waals surface area (Å²) in [6.07, 6.45) is 8.03. The van der Waals surface area contributed by atoms with Gasteiger partial charge in [0.05, 0.1) is 17.4 Å². The summed E-state index contributed by atoms with van der Waals surface area (Å²) in [6.45, 7) is 5.56.